The first kappa shape index (κ1) is 12.0. The largest absolute Gasteiger partial charge is 0.497 e. The molecule has 1 heterocycles. The van der Waals surface area contributed by atoms with Crippen molar-refractivity contribution in [3.63, 3.8) is 0 Å². The van der Waals surface area contributed by atoms with Crippen LogP contribution < -0.4 is 5.73 Å². The Kier molecular flexibility index (Phi) is 3.74. The molecule has 0 radical (unpaired) electrons. The van der Waals surface area contributed by atoms with Crippen LogP contribution in [0.5, 0.6) is 0 Å². The van der Waals surface area contributed by atoms with E-state index in [1.165, 1.54) is 18.2 Å². The number of allylic oxidation sites excluding steroid dienone is 1. The summed E-state index contributed by atoms with van der Waals surface area (Å²) in [6, 6.07) is 3.33. The molecular weight excluding hydrogens is 224 g/mol. The van der Waals surface area contributed by atoms with Crippen LogP contribution in [0.3, 0.4) is 0 Å². The molecule has 1 aliphatic rings. The lowest BCUT2D eigenvalue weighted by Gasteiger charge is -2.21. The zero-order chi connectivity index (χ0) is 12.3. The van der Waals surface area contributed by atoms with E-state index in [-0.39, 0.29) is 12.0 Å². The Morgan fingerprint density at radius 2 is 2.00 bits per heavy atom. The molecule has 0 fully saturated rings. The van der Waals surface area contributed by atoms with Crippen molar-refractivity contribution in [3.8, 4) is 0 Å². The molecule has 2 N–H and O–H groups in total. The van der Waals surface area contributed by atoms with Gasteiger partial charge in [-0.05, 0) is 31.1 Å². The summed E-state index contributed by atoms with van der Waals surface area (Å²) in [7, 11) is 0. The first-order valence-electron chi connectivity index (χ1n) is 5.70. The minimum atomic E-state index is -0.558. The third kappa shape index (κ3) is 2.82. The van der Waals surface area contributed by atoms with Gasteiger partial charge in [0, 0.05) is 12.0 Å². The summed E-state index contributed by atoms with van der Waals surface area (Å²) in [6.45, 7) is 0.624. The molecule has 0 aromatic heterocycles. The molecule has 1 atom stereocenters. The molecule has 17 heavy (non-hydrogen) atoms. The summed E-state index contributed by atoms with van der Waals surface area (Å²) < 4.78 is 32.2. The molecule has 0 saturated carbocycles. The summed E-state index contributed by atoms with van der Waals surface area (Å²) >= 11 is 0. The van der Waals surface area contributed by atoms with Crippen LogP contribution in [0.2, 0.25) is 0 Å². The van der Waals surface area contributed by atoms with Crippen molar-refractivity contribution < 1.29 is 13.5 Å². The van der Waals surface area contributed by atoms with E-state index in [0.29, 0.717) is 12.4 Å². The number of ether oxygens (including phenoxy) is 1. The average Bonchev–Trinajstić information content (AvgIpc) is 2.35. The number of benzene rings is 1. The topological polar surface area (TPSA) is 35.2 Å². The summed E-state index contributed by atoms with van der Waals surface area (Å²) in [5.74, 6) is -0.479. The predicted octanol–water partition coefficient (Wildman–Crippen LogP) is 2.53. The SMILES string of the molecule is NC(Cc1c(F)cccc1F)C1=CCCCO1. The maximum atomic E-state index is 13.4. The van der Waals surface area contributed by atoms with Crippen LogP contribution in [0.25, 0.3) is 0 Å². The highest BCUT2D eigenvalue weighted by Gasteiger charge is 2.18. The van der Waals surface area contributed by atoms with Crippen molar-refractivity contribution in [2.24, 2.45) is 5.73 Å². The maximum Gasteiger partial charge on any atom is 0.129 e. The first-order valence-corrected chi connectivity index (χ1v) is 5.70. The van der Waals surface area contributed by atoms with Gasteiger partial charge < -0.3 is 10.5 Å². The molecule has 0 spiro atoms. The molecule has 0 bridgehead atoms. The highest BCUT2D eigenvalue weighted by Crippen LogP contribution is 2.19. The van der Waals surface area contributed by atoms with Gasteiger partial charge in [-0.2, -0.15) is 0 Å². The normalized spacial score (nSPS) is 17.2. The van der Waals surface area contributed by atoms with Crippen molar-refractivity contribution in [2.75, 3.05) is 6.61 Å². The van der Waals surface area contributed by atoms with Gasteiger partial charge in [-0.15, -0.1) is 0 Å². The first-order chi connectivity index (χ1) is 8.18. The lowest BCUT2D eigenvalue weighted by Crippen LogP contribution is -2.29. The van der Waals surface area contributed by atoms with Crippen LogP contribution in [-0.4, -0.2) is 12.6 Å². The molecule has 1 unspecified atom stereocenters. The van der Waals surface area contributed by atoms with Gasteiger partial charge in [-0.3, -0.25) is 0 Å². The molecule has 4 heteroatoms. The van der Waals surface area contributed by atoms with Crippen LogP contribution in [0.15, 0.2) is 30.0 Å². The van der Waals surface area contributed by atoms with Gasteiger partial charge in [0.1, 0.15) is 17.4 Å². The summed E-state index contributed by atoms with van der Waals surface area (Å²) in [4.78, 5) is 0. The van der Waals surface area contributed by atoms with Crippen molar-refractivity contribution >= 4 is 0 Å². The van der Waals surface area contributed by atoms with Crippen LogP contribution in [-0.2, 0) is 11.2 Å². The lowest BCUT2D eigenvalue weighted by atomic mass is 10.0. The van der Waals surface area contributed by atoms with Crippen LogP contribution in [0, 0.1) is 11.6 Å². The van der Waals surface area contributed by atoms with Crippen molar-refractivity contribution in [2.45, 2.75) is 25.3 Å². The van der Waals surface area contributed by atoms with Crippen molar-refractivity contribution in [3.05, 3.63) is 47.2 Å². The molecule has 92 valence electrons. The monoisotopic (exact) mass is 239 g/mol. The summed E-state index contributed by atoms with van der Waals surface area (Å²) in [5.41, 5.74) is 5.91. The molecule has 0 amide bonds. The second-order valence-electron chi connectivity index (χ2n) is 4.11. The standard InChI is InChI=1S/C13H15F2NO/c14-10-4-3-5-11(15)9(10)8-12(16)13-6-1-2-7-17-13/h3-6,12H,1-2,7-8,16H2. The Balaban J connectivity index is 2.12. The fourth-order valence-electron chi connectivity index (χ4n) is 1.88. The van der Waals surface area contributed by atoms with Gasteiger partial charge in [0.15, 0.2) is 0 Å². The quantitative estimate of drug-likeness (QED) is 0.879. The van der Waals surface area contributed by atoms with Gasteiger partial charge in [-0.1, -0.05) is 6.07 Å². The van der Waals surface area contributed by atoms with E-state index < -0.39 is 17.7 Å². The molecule has 1 aromatic carbocycles. The molecule has 2 rings (SSSR count). The van der Waals surface area contributed by atoms with Gasteiger partial charge in [-0.25, -0.2) is 8.78 Å². The summed E-state index contributed by atoms with van der Waals surface area (Å²) in [6.07, 6.45) is 3.88. The van der Waals surface area contributed by atoms with Gasteiger partial charge in [0.05, 0.1) is 12.6 Å². The van der Waals surface area contributed by atoms with Crippen LogP contribution in [0.4, 0.5) is 8.78 Å². The van der Waals surface area contributed by atoms with Crippen molar-refractivity contribution in [1.29, 1.82) is 0 Å². The fraction of sp³-hybridized carbons (Fsp3) is 0.385. The molecular formula is C13H15F2NO. The Morgan fingerprint density at radius 3 is 2.59 bits per heavy atom. The Bertz CT molecular complexity index is 411. The predicted molar refractivity (Wildman–Crippen MR) is 61.3 cm³/mol. The van der Waals surface area contributed by atoms with Crippen LogP contribution >= 0.6 is 0 Å². The molecule has 2 nitrogen and oxygen atoms in total. The van der Waals surface area contributed by atoms with E-state index in [1.54, 1.807) is 0 Å². The number of nitrogens with two attached hydrogens (primary N) is 1. The van der Waals surface area contributed by atoms with E-state index in [1.807, 2.05) is 6.08 Å². The summed E-state index contributed by atoms with van der Waals surface area (Å²) in [5, 5.41) is 0. The second-order valence-corrected chi connectivity index (χ2v) is 4.11. The molecule has 0 aliphatic carbocycles. The Labute approximate surface area is 99.1 Å². The maximum absolute atomic E-state index is 13.4. The van der Waals surface area contributed by atoms with Crippen molar-refractivity contribution in [1.82, 2.24) is 0 Å². The second kappa shape index (κ2) is 5.27. The number of halogens is 2. The zero-order valence-corrected chi connectivity index (χ0v) is 9.46. The smallest absolute Gasteiger partial charge is 0.129 e. The molecule has 1 aromatic rings. The van der Waals surface area contributed by atoms with Gasteiger partial charge >= 0.3 is 0 Å². The number of hydrogen-bond donors (Lipinski definition) is 1. The Hall–Kier alpha value is -1.42. The molecule has 0 saturated heterocycles. The van der Waals surface area contributed by atoms with E-state index in [9.17, 15) is 8.78 Å². The average molecular weight is 239 g/mol. The van der Waals surface area contributed by atoms with E-state index in [0.717, 1.165) is 12.8 Å². The van der Waals surface area contributed by atoms with Crippen LogP contribution in [0.1, 0.15) is 18.4 Å². The highest BCUT2D eigenvalue weighted by molar-refractivity contribution is 5.23. The third-order valence-electron chi connectivity index (χ3n) is 2.81. The number of hydrogen-bond acceptors (Lipinski definition) is 2. The van der Waals surface area contributed by atoms with E-state index in [2.05, 4.69) is 0 Å². The van der Waals surface area contributed by atoms with Gasteiger partial charge in [0.25, 0.3) is 0 Å². The fourth-order valence-corrected chi connectivity index (χ4v) is 1.88. The third-order valence-corrected chi connectivity index (χ3v) is 2.81. The van der Waals surface area contributed by atoms with Gasteiger partial charge in [0.2, 0.25) is 0 Å². The number of rotatable bonds is 3. The minimum absolute atomic E-state index is 0.0232. The van der Waals surface area contributed by atoms with E-state index in [4.69, 9.17) is 10.5 Å². The Morgan fingerprint density at radius 1 is 1.29 bits per heavy atom. The lowest BCUT2D eigenvalue weighted by molar-refractivity contribution is 0.175. The highest BCUT2D eigenvalue weighted by atomic mass is 19.1. The zero-order valence-electron chi connectivity index (χ0n) is 9.46. The minimum Gasteiger partial charge on any atom is -0.497 e. The molecule has 1 aliphatic heterocycles. The van der Waals surface area contributed by atoms with E-state index >= 15 is 0 Å².